The van der Waals surface area contributed by atoms with Crippen molar-refractivity contribution in [2.75, 3.05) is 5.73 Å². The van der Waals surface area contributed by atoms with Crippen molar-refractivity contribution in [1.29, 1.82) is 0 Å². The van der Waals surface area contributed by atoms with Gasteiger partial charge in [-0.05, 0) is 48.3 Å². The zero-order valence-electron chi connectivity index (χ0n) is 11.1. The van der Waals surface area contributed by atoms with Crippen molar-refractivity contribution in [3.8, 4) is 0 Å². The summed E-state index contributed by atoms with van der Waals surface area (Å²) < 4.78 is 0. The SMILES string of the molecule is CC/C(=C\c1cc(N)ccc1C)C(=O)C(C)C. The summed E-state index contributed by atoms with van der Waals surface area (Å²) >= 11 is 0. The standard InChI is InChI=1S/C15H21NO/c1-5-12(15(17)10(2)3)8-13-9-14(16)7-6-11(13)4/h6-10H,5,16H2,1-4H3/b12-8+. The predicted octanol–water partition coefficient (Wildman–Crippen LogP) is 3.60. The van der Waals surface area contributed by atoms with E-state index in [0.717, 1.165) is 28.8 Å². The lowest BCUT2D eigenvalue weighted by atomic mass is 9.95. The zero-order valence-corrected chi connectivity index (χ0v) is 11.1. The number of nitrogen functional groups attached to an aromatic ring is 1. The summed E-state index contributed by atoms with van der Waals surface area (Å²) in [5, 5.41) is 0. The molecule has 0 aliphatic heterocycles. The van der Waals surface area contributed by atoms with E-state index in [-0.39, 0.29) is 11.7 Å². The van der Waals surface area contributed by atoms with Gasteiger partial charge in [0.05, 0.1) is 0 Å². The minimum Gasteiger partial charge on any atom is -0.399 e. The summed E-state index contributed by atoms with van der Waals surface area (Å²) in [6.45, 7) is 7.89. The van der Waals surface area contributed by atoms with Crippen LogP contribution in [0.15, 0.2) is 23.8 Å². The van der Waals surface area contributed by atoms with Crippen molar-refractivity contribution in [3.05, 3.63) is 34.9 Å². The van der Waals surface area contributed by atoms with Gasteiger partial charge in [-0.25, -0.2) is 0 Å². The second-order valence-electron chi connectivity index (χ2n) is 4.66. The number of ketones is 1. The molecular formula is C15H21NO. The second-order valence-corrected chi connectivity index (χ2v) is 4.66. The molecule has 0 aliphatic carbocycles. The van der Waals surface area contributed by atoms with E-state index < -0.39 is 0 Å². The molecule has 92 valence electrons. The van der Waals surface area contributed by atoms with Gasteiger partial charge < -0.3 is 5.73 Å². The molecule has 2 heteroatoms. The van der Waals surface area contributed by atoms with Gasteiger partial charge in [-0.1, -0.05) is 26.8 Å². The Kier molecular flexibility index (Phi) is 4.50. The van der Waals surface area contributed by atoms with Crippen molar-refractivity contribution in [1.82, 2.24) is 0 Å². The molecule has 0 spiro atoms. The van der Waals surface area contributed by atoms with Crippen molar-refractivity contribution in [2.24, 2.45) is 5.92 Å². The summed E-state index contributed by atoms with van der Waals surface area (Å²) in [7, 11) is 0. The molecule has 0 saturated heterocycles. The van der Waals surface area contributed by atoms with Crippen LogP contribution in [0.5, 0.6) is 0 Å². The molecule has 0 aromatic heterocycles. The molecule has 2 nitrogen and oxygen atoms in total. The number of allylic oxidation sites excluding steroid dienone is 1. The fourth-order valence-corrected chi connectivity index (χ4v) is 1.72. The highest BCUT2D eigenvalue weighted by atomic mass is 16.1. The number of hydrogen-bond acceptors (Lipinski definition) is 2. The lowest BCUT2D eigenvalue weighted by Crippen LogP contribution is -2.09. The van der Waals surface area contributed by atoms with Crippen LogP contribution < -0.4 is 5.73 Å². The molecule has 0 fully saturated rings. The van der Waals surface area contributed by atoms with Gasteiger partial charge in [0.2, 0.25) is 0 Å². The summed E-state index contributed by atoms with van der Waals surface area (Å²) in [4.78, 5) is 12.0. The average molecular weight is 231 g/mol. The first-order valence-corrected chi connectivity index (χ1v) is 6.06. The molecule has 1 aromatic rings. The van der Waals surface area contributed by atoms with Crippen LogP contribution in [0.2, 0.25) is 0 Å². The van der Waals surface area contributed by atoms with Crippen molar-refractivity contribution >= 4 is 17.5 Å². The summed E-state index contributed by atoms with van der Waals surface area (Å²) in [6.07, 6.45) is 2.72. The third-order valence-electron chi connectivity index (χ3n) is 2.85. The van der Waals surface area contributed by atoms with E-state index in [1.54, 1.807) is 0 Å². The molecule has 0 radical (unpaired) electrons. The fraction of sp³-hybridized carbons (Fsp3) is 0.400. The Balaban J connectivity index is 3.14. The van der Waals surface area contributed by atoms with Gasteiger partial charge in [0.25, 0.3) is 0 Å². The van der Waals surface area contributed by atoms with Crippen LogP contribution in [-0.2, 0) is 4.79 Å². The quantitative estimate of drug-likeness (QED) is 0.635. The van der Waals surface area contributed by atoms with Crippen LogP contribution in [0.3, 0.4) is 0 Å². The van der Waals surface area contributed by atoms with Gasteiger partial charge in [0, 0.05) is 11.6 Å². The van der Waals surface area contributed by atoms with Crippen LogP contribution >= 0.6 is 0 Å². The third-order valence-corrected chi connectivity index (χ3v) is 2.85. The Morgan fingerprint density at radius 2 is 2.06 bits per heavy atom. The number of nitrogens with two attached hydrogens (primary N) is 1. The molecule has 0 saturated carbocycles. The maximum Gasteiger partial charge on any atom is 0.161 e. The lowest BCUT2D eigenvalue weighted by molar-refractivity contribution is -0.118. The number of aryl methyl sites for hydroxylation is 1. The molecule has 0 bridgehead atoms. The predicted molar refractivity (Wildman–Crippen MR) is 73.7 cm³/mol. The van der Waals surface area contributed by atoms with Gasteiger partial charge in [-0.3, -0.25) is 4.79 Å². The van der Waals surface area contributed by atoms with Gasteiger partial charge in [-0.2, -0.15) is 0 Å². The highest BCUT2D eigenvalue weighted by Gasteiger charge is 2.12. The molecule has 0 unspecified atom stereocenters. The number of benzene rings is 1. The first-order chi connectivity index (χ1) is 7.95. The van der Waals surface area contributed by atoms with Gasteiger partial charge in [0.1, 0.15) is 0 Å². The number of carbonyl (C=O) groups is 1. The Labute approximate surface area is 104 Å². The maximum atomic E-state index is 12.0. The fourth-order valence-electron chi connectivity index (χ4n) is 1.72. The smallest absolute Gasteiger partial charge is 0.161 e. The van der Waals surface area contributed by atoms with E-state index in [9.17, 15) is 4.79 Å². The number of anilines is 1. The van der Waals surface area contributed by atoms with Gasteiger partial charge in [0.15, 0.2) is 5.78 Å². The highest BCUT2D eigenvalue weighted by Crippen LogP contribution is 2.19. The highest BCUT2D eigenvalue weighted by molar-refractivity contribution is 6.00. The van der Waals surface area contributed by atoms with E-state index in [0.29, 0.717) is 0 Å². The largest absolute Gasteiger partial charge is 0.399 e. The van der Waals surface area contributed by atoms with Crippen molar-refractivity contribution in [2.45, 2.75) is 34.1 Å². The molecule has 17 heavy (non-hydrogen) atoms. The summed E-state index contributed by atoms with van der Waals surface area (Å²) in [6, 6.07) is 5.77. The molecular weight excluding hydrogens is 210 g/mol. The third kappa shape index (κ3) is 3.45. The molecule has 0 atom stereocenters. The Morgan fingerprint density at radius 1 is 1.41 bits per heavy atom. The zero-order chi connectivity index (χ0) is 13.0. The van der Waals surface area contributed by atoms with E-state index in [1.165, 1.54) is 0 Å². The van der Waals surface area contributed by atoms with Gasteiger partial charge in [-0.15, -0.1) is 0 Å². The Bertz CT molecular complexity index is 444. The topological polar surface area (TPSA) is 43.1 Å². The number of carbonyl (C=O) groups excluding carboxylic acids is 1. The molecule has 1 aromatic carbocycles. The number of Topliss-reactive ketones (excluding diaryl/α,β-unsaturated/α-hetero) is 1. The van der Waals surface area contributed by atoms with E-state index in [4.69, 9.17) is 5.73 Å². The minimum absolute atomic E-state index is 0.0440. The normalized spacial score (nSPS) is 11.9. The first-order valence-electron chi connectivity index (χ1n) is 6.06. The van der Waals surface area contributed by atoms with E-state index >= 15 is 0 Å². The molecule has 2 N–H and O–H groups in total. The first kappa shape index (κ1) is 13.5. The molecule has 0 aliphatic rings. The Hall–Kier alpha value is -1.57. The lowest BCUT2D eigenvalue weighted by Gasteiger charge is -2.09. The van der Waals surface area contributed by atoms with Crippen LogP contribution in [0.25, 0.3) is 6.08 Å². The second kappa shape index (κ2) is 5.67. The maximum absolute atomic E-state index is 12.0. The summed E-state index contributed by atoms with van der Waals surface area (Å²) in [5.41, 5.74) is 9.54. The summed E-state index contributed by atoms with van der Waals surface area (Å²) in [5.74, 6) is 0.261. The Morgan fingerprint density at radius 3 is 2.59 bits per heavy atom. The van der Waals surface area contributed by atoms with Crippen LogP contribution in [-0.4, -0.2) is 5.78 Å². The van der Waals surface area contributed by atoms with Crippen LogP contribution in [0.1, 0.15) is 38.3 Å². The van der Waals surface area contributed by atoms with E-state index in [1.807, 2.05) is 52.0 Å². The van der Waals surface area contributed by atoms with Crippen molar-refractivity contribution in [3.63, 3.8) is 0 Å². The van der Waals surface area contributed by atoms with Crippen molar-refractivity contribution < 1.29 is 4.79 Å². The van der Waals surface area contributed by atoms with Crippen LogP contribution in [0.4, 0.5) is 5.69 Å². The minimum atomic E-state index is 0.0440. The molecule has 0 heterocycles. The number of rotatable bonds is 4. The molecule has 0 amide bonds. The van der Waals surface area contributed by atoms with Gasteiger partial charge >= 0.3 is 0 Å². The monoisotopic (exact) mass is 231 g/mol. The molecule has 1 rings (SSSR count). The number of hydrogen-bond donors (Lipinski definition) is 1. The van der Waals surface area contributed by atoms with E-state index in [2.05, 4.69) is 0 Å². The average Bonchev–Trinajstić information content (AvgIpc) is 2.29. The van der Waals surface area contributed by atoms with Crippen LogP contribution in [0, 0.1) is 12.8 Å².